The number of fused-ring (bicyclic) bond motifs is 2. The molecule has 14 nitrogen and oxygen atoms in total. The van der Waals surface area contributed by atoms with Crippen molar-refractivity contribution in [3.63, 3.8) is 0 Å². The largest absolute Gasteiger partial charge is 1.00 e. The van der Waals surface area contributed by atoms with Crippen LogP contribution in [0.25, 0.3) is 0 Å². The van der Waals surface area contributed by atoms with E-state index in [1.54, 1.807) is 19.2 Å². The monoisotopic (exact) mass is 778 g/mol. The Bertz CT molecular complexity index is 1910. The van der Waals surface area contributed by atoms with Crippen molar-refractivity contribution in [2.75, 3.05) is 54.2 Å². The Hall–Kier alpha value is -2.81. The molecule has 2 aliphatic heterocycles. The predicted molar refractivity (Wildman–Crippen MR) is 197 cm³/mol. The molecule has 4 N–H and O–H groups in total. The first-order valence-corrected chi connectivity index (χ1v) is 18.6. The minimum Gasteiger partial charge on any atom is -0.748 e. The summed E-state index contributed by atoms with van der Waals surface area (Å²) in [6, 6.07) is 10.4. The molecule has 17 heteroatoms. The van der Waals surface area contributed by atoms with Crippen LogP contribution in [0.5, 0.6) is 0 Å². The molecule has 0 aliphatic carbocycles. The second-order valence-electron chi connectivity index (χ2n) is 12.7. The number of allylic oxidation sites excluding steroid dienone is 8. The van der Waals surface area contributed by atoms with E-state index in [2.05, 4.69) is 49.4 Å². The molecule has 0 bridgehead atoms. The number of rotatable bonds is 14. The summed E-state index contributed by atoms with van der Waals surface area (Å²) in [6.45, 7) is 8.69. The zero-order valence-electron chi connectivity index (χ0n) is 30.3. The summed E-state index contributed by atoms with van der Waals surface area (Å²) in [5.41, 5.74) is 5.65. The van der Waals surface area contributed by atoms with E-state index in [-0.39, 0.29) is 70.0 Å². The predicted octanol–water partition coefficient (Wildman–Crippen LogP) is 1.34. The van der Waals surface area contributed by atoms with Crippen LogP contribution in [0, 0.1) is 0 Å². The van der Waals surface area contributed by atoms with E-state index in [1.807, 2.05) is 85.2 Å². The van der Waals surface area contributed by atoms with Crippen LogP contribution in [-0.2, 0) is 30.3 Å². The third kappa shape index (κ3) is 10.7. The van der Waals surface area contributed by atoms with Crippen molar-refractivity contribution in [2.24, 2.45) is 0 Å². The van der Waals surface area contributed by atoms with Crippen LogP contribution in [-0.4, -0.2) is 74.0 Å². The first kappa shape index (κ1) is 43.6. The van der Waals surface area contributed by atoms with E-state index < -0.39 is 26.7 Å². The van der Waals surface area contributed by atoms with Gasteiger partial charge in [-0.15, -0.1) is 0 Å². The molecule has 2 heterocycles. The van der Waals surface area contributed by atoms with Gasteiger partial charge in [-0.3, -0.25) is 5.04 Å². The van der Waals surface area contributed by atoms with Gasteiger partial charge in [-0.25, -0.2) is 18.0 Å². The van der Waals surface area contributed by atoms with Crippen molar-refractivity contribution in [1.82, 2.24) is 10.6 Å². The van der Waals surface area contributed by atoms with Crippen molar-refractivity contribution in [1.29, 1.82) is 0 Å². The standard InChI is InChI=1S/C35H44N6O8S2.K/c1-34(2)26-22-24(38-32(42)36-5)14-16-28(26)40(18-20-50-49-48-44)30(34)12-10-8-7-9-11-13-31-35(3,4)27-23-25(39-33(43)37-6)15-17-29(27)41(31)19-21-51(45,46)47;/h7-17,22-23H,18-21H2,1-6H3,(H5-,36,37,38,39,42,43,44,45,46,47);/q;+1/p-1. The normalized spacial score (nSPS) is 16.8. The Morgan fingerprint density at radius 3 is 2.12 bits per heavy atom. The van der Waals surface area contributed by atoms with Gasteiger partial charge in [-0.1, -0.05) is 44.2 Å². The molecule has 0 unspecified atom stereocenters. The quantitative estimate of drug-likeness (QED) is 0.0319. The summed E-state index contributed by atoms with van der Waals surface area (Å²) < 4.78 is 41.0. The summed E-state index contributed by atoms with van der Waals surface area (Å²) in [5.74, 6) is -0.114. The van der Waals surface area contributed by atoms with Crippen LogP contribution in [0.1, 0.15) is 38.8 Å². The maximum Gasteiger partial charge on any atom is 1.00 e. The topological polar surface area (TPSA) is 187 Å². The van der Waals surface area contributed by atoms with Gasteiger partial charge >= 0.3 is 63.4 Å². The summed E-state index contributed by atoms with van der Waals surface area (Å²) >= 11 is 0.908. The van der Waals surface area contributed by atoms with Crippen molar-refractivity contribution in [2.45, 2.75) is 38.5 Å². The molecular formula is C35H43KN6O8S2. The number of benzene rings is 2. The van der Waals surface area contributed by atoms with E-state index in [0.29, 0.717) is 23.7 Å². The minimum absolute atomic E-state index is 0. The Morgan fingerprint density at radius 2 is 1.50 bits per heavy atom. The molecule has 274 valence electrons. The third-order valence-electron chi connectivity index (χ3n) is 8.75. The first-order chi connectivity index (χ1) is 24.1. The van der Waals surface area contributed by atoms with E-state index in [1.165, 1.54) is 7.05 Å². The Labute approximate surface area is 351 Å². The summed E-state index contributed by atoms with van der Waals surface area (Å²) in [4.78, 5) is 26.0. The van der Waals surface area contributed by atoms with Crippen LogP contribution >= 0.6 is 12.0 Å². The van der Waals surface area contributed by atoms with E-state index in [9.17, 15) is 27.8 Å². The van der Waals surface area contributed by atoms with E-state index in [0.717, 1.165) is 46.0 Å². The molecule has 0 radical (unpaired) electrons. The Balaban J connectivity index is 0.00000729. The number of amides is 4. The van der Waals surface area contributed by atoms with Gasteiger partial charge in [0.15, 0.2) is 12.3 Å². The second kappa shape index (κ2) is 19.0. The maximum atomic E-state index is 11.9. The minimum atomic E-state index is -4.46. The van der Waals surface area contributed by atoms with Crippen molar-refractivity contribution >= 4 is 62.7 Å². The van der Waals surface area contributed by atoms with Gasteiger partial charge in [-0.2, -0.15) is 8.91 Å². The molecule has 2 aromatic carbocycles. The molecule has 2 aliphatic rings. The molecule has 0 spiro atoms. The van der Waals surface area contributed by atoms with Crippen LogP contribution in [0.4, 0.5) is 32.3 Å². The average Bonchev–Trinajstić information content (AvgIpc) is 3.42. The fourth-order valence-corrected chi connectivity index (χ4v) is 7.02. The molecule has 0 saturated carbocycles. The van der Waals surface area contributed by atoms with Gasteiger partial charge in [0.2, 0.25) is 5.69 Å². The van der Waals surface area contributed by atoms with Gasteiger partial charge in [0.1, 0.15) is 10.1 Å². The molecule has 0 saturated heterocycles. The summed E-state index contributed by atoms with van der Waals surface area (Å²) in [5, 5.41) is 24.5. The van der Waals surface area contributed by atoms with Gasteiger partial charge in [0.05, 0.1) is 11.2 Å². The number of nitrogens with zero attached hydrogens (tertiary/aromatic N) is 2. The molecular weight excluding hydrogens is 736 g/mol. The Morgan fingerprint density at radius 1 is 0.904 bits per heavy atom. The van der Waals surface area contributed by atoms with Gasteiger partial charge in [0.25, 0.3) is 0 Å². The van der Waals surface area contributed by atoms with Gasteiger partial charge in [0, 0.05) is 84.3 Å². The molecule has 2 aromatic rings. The Kier molecular flexibility index (Phi) is 15.9. The summed E-state index contributed by atoms with van der Waals surface area (Å²) in [7, 11) is -1.39. The van der Waals surface area contributed by atoms with Gasteiger partial charge in [-0.05, 0) is 55.8 Å². The summed E-state index contributed by atoms with van der Waals surface area (Å²) in [6.07, 6.45) is 13.3. The van der Waals surface area contributed by atoms with Crippen molar-refractivity contribution in [3.8, 4) is 0 Å². The fourth-order valence-electron chi connectivity index (χ4n) is 6.25. The number of hydrogen-bond acceptors (Lipinski definition) is 10. The molecule has 52 heavy (non-hydrogen) atoms. The smallest absolute Gasteiger partial charge is 0.748 e. The average molecular weight is 779 g/mol. The van der Waals surface area contributed by atoms with Crippen LogP contribution < -0.4 is 82.8 Å². The third-order valence-corrected chi connectivity index (χ3v) is 9.93. The van der Waals surface area contributed by atoms with Crippen molar-refractivity contribution in [3.05, 3.63) is 95.8 Å². The van der Waals surface area contributed by atoms with E-state index >= 15 is 0 Å². The number of carbonyl (C=O) groups is 2. The second-order valence-corrected chi connectivity index (χ2v) is 15.0. The molecule has 0 atom stereocenters. The van der Waals surface area contributed by atoms with Gasteiger partial charge < -0.3 is 36.0 Å². The fraction of sp³-hybridized carbons (Fsp3) is 0.343. The molecule has 4 amide bonds. The first-order valence-electron chi connectivity index (χ1n) is 16.1. The maximum absolute atomic E-state index is 11.9. The SMILES string of the molecule is CNC(=O)Nc1ccc2c(c1)C(C)(C)C(=CC=CC=CC=CC1=[N+](CCS(=O)(=O)[O-])c3ccc(NC(=O)NC)cc3C1(C)C)N2CCSOO[O-].[K+]. The zero-order valence-corrected chi connectivity index (χ0v) is 35.1. The molecule has 0 aromatic heterocycles. The van der Waals surface area contributed by atoms with E-state index in [4.69, 9.17) is 0 Å². The number of nitrogens with one attached hydrogen (secondary N) is 4. The molecule has 0 fully saturated rings. The zero-order chi connectivity index (χ0) is 37.4. The number of carbonyl (C=O) groups excluding carboxylic acids is 2. The van der Waals surface area contributed by atoms with Crippen LogP contribution in [0.3, 0.4) is 0 Å². The van der Waals surface area contributed by atoms with Crippen LogP contribution in [0.2, 0.25) is 0 Å². The number of urea groups is 2. The number of anilines is 3. The van der Waals surface area contributed by atoms with Crippen LogP contribution in [0.15, 0.2) is 84.6 Å². The van der Waals surface area contributed by atoms with Crippen molar-refractivity contribution < 1.29 is 93.1 Å². The molecule has 4 rings (SSSR count). The number of hydrogen-bond donors (Lipinski definition) is 4.